The Morgan fingerprint density at radius 1 is 1.14 bits per heavy atom. The Labute approximate surface area is 125 Å². The van der Waals surface area contributed by atoms with E-state index in [0.717, 1.165) is 5.69 Å². The van der Waals surface area contributed by atoms with Gasteiger partial charge in [-0.2, -0.15) is 5.10 Å². The number of hydrogen-bond donors (Lipinski definition) is 0. The number of halogens is 2. The Morgan fingerprint density at radius 3 is 2.67 bits per heavy atom. The van der Waals surface area contributed by atoms with Crippen molar-refractivity contribution >= 4 is 17.9 Å². The summed E-state index contributed by atoms with van der Waals surface area (Å²) in [6.07, 6.45) is 2.30. The fourth-order valence-corrected chi connectivity index (χ4v) is 2.27. The van der Waals surface area contributed by atoms with E-state index in [-0.39, 0.29) is 5.82 Å². The summed E-state index contributed by atoms with van der Waals surface area (Å²) >= 11 is 5.95. The van der Waals surface area contributed by atoms with E-state index >= 15 is 0 Å². The molecule has 3 nitrogen and oxygen atoms in total. The van der Waals surface area contributed by atoms with Crippen molar-refractivity contribution in [3.8, 4) is 16.9 Å². The maximum absolute atomic E-state index is 13.3. The minimum Gasteiger partial charge on any atom is -0.298 e. The summed E-state index contributed by atoms with van der Waals surface area (Å²) in [7, 11) is 0. The molecule has 1 aromatic heterocycles. The fourth-order valence-electron chi connectivity index (χ4n) is 2.08. The number of rotatable bonds is 3. The largest absolute Gasteiger partial charge is 0.298 e. The van der Waals surface area contributed by atoms with Crippen molar-refractivity contribution in [1.29, 1.82) is 0 Å². The molecule has 0 atom stereocenters. The van der Waals surface area contributed by atoms with E-state index in [9.17, 15) is 9.18 Å². The van der Waals surface area contributed by atoms with Crippen LogP contribution >= 0.6 is 11.6 Å². The quantitative estimate of drug-likeness (QED) is 0.681. The molecule has 0 aliphatic carbocycles. The molecule has 104 valence electrons. The third-order valence-corrected chi connectivity index (χ3v) is 3.28. The van der Waals surface area contributed by atoms with Crippen molar-refractivity contribution in [3.63, 3.8) is 0 Å². The van der Waals surface area contributed by atoms with Crippen molar-refractivity contribution < 1.29 is 9.18 Å². The topological polar surface area (TPSA) is 34.9 Å². The van der Waals surface area contributed by atoms with E-state index < -0.39 is 0 Å². The molecular weight excluding hydrogens is 291 g/mol. The van der Waals surface area contributed by atoms with Crippen LogP contribution in [0, 0.1) is 5.82 Å². The summed E-state index contributed by atoms with van der Waals surface area (Å²) in [6.45, 7) is 0. The normalized spacial score (nSPS) is 10.6. The first-order valence-electron chi connectivity index (χ1n) is 6.24. The zero-order chi connectivity index (χ0) is 14.8. The van der Waals surface area contributed by atoms with Crippen LogP contribution < -0.4 is 0 Å². The number of hydrogen-bond acceptors (Lipinski definition) is 2. The Kier molecular flexibility index (Phi) is 3.54. The molecule has 21 heavy (non-hydrogen) atoms. The standard InChI is InChI=1S/C16H10ClFN2O/c17-13-4-2-6-15(8-13)20-9-12(10-21)16(19-20)11-3-1-5-14(18)7-11/h1-10H. The van der Waals surface area contributed by atoms with Crippen LogP contribution in [0.5, 0.6) is 0 Å². The van der Waals surface area contributed by atoms with Crippen LogP contribution in [0.1, 0.15) is 10.4 Å². The zero-order valence-corrected chi connectivity index (χ0v) is 11.6. The minimum atomic E-state index is -0.373. The van der Waals surface area contributed by atoms with E-state index in [1.165, 1.54) is 12.1 Å². The molecule has 0 aliphatic rings. The number of carbonyl (C=O) groups excluding carboxylic acids is 1. The monoisotopic (exact) mass is 300 g/mol. The van der Waals surface area contributed by atoms with Gasteiger partial charge in [-0.25, -0.2) is 9.07 Å². The van der Waals surface area contributed by atoms with Gasteiger partial charge in [0.2, 0.25) is 0 Å². The van der Waals surface area contributed by atoms with Gasteiger partial charge in [0.25, 0.3) is 0 Å². The molecule has 0 fully saturated rings. The molecule has 5 heteroatoms. The molecule has 0 aliphatic heterocycles. The Bertz CT molecular complexity index is 814. The smallest absolute Gasteiger partial charge is 0.153 e. The Hall–Kier alpha value is -2.46. The maximum Gasteiger partial charge on any atom is 0.153 e. The molecule has 0 N–H and O–H groups in total. The van der Waals surface area contributed by atoms with Crippen molar-refractivity contribution in [2.24, 2.45) is 0 Å². The van der Waals surface area contributed by atoms with Crippen LogP contribution in [-0.2, 0) is 0 Å². The lowest BCUT2D eigenvalue weighted by Crippen LogP contribution is -1.94. The highest BCUT2D eigenvalue weighted by atomic mass is 35.5. The lowest BCUT2D eigenvalue weighted by molar-refractivity contribution is 0.112. The average molecular weight is 301 g/mol. The van der Waals surface area contributed by atoms with Crippen molar-refractivity contribution in [3.05, 3.63) is 71.1 Å². The Balaban J connectivity index is 2.13. The van der Waals surface area contributed by atoms with E-state index in [1.54, 1.807) is 41.2 Å². The first-order valence-corrected chi connectivity index (χ1v) is 6.62. The second-order valence-corrected chi connectivity index (χ2v) is 4.92. The van der Waals surface area contributed by atoms with E-state index in [4.69, 9.17) is 11.6 Å². The first kappa shape index (κ1) is 13.5. The summed E-state index contributed by atoms with van der Waals surface area (Å²) in [4.78, 5) is 11.2. The molecule has 0 saturated carbocycles. The molecule has 0 amide bonds. The molecule has 1 heterocycles. The highest BCUT2D eigenvalue weighted by molar-refractivity contribution is 6.30. The summed E-state index contributed by atoms with van der Waals surface area (Å²) in [5.41, 5.74) is 2.11. The SMILES string of the molecule is O=Cc1cn(-c2cccc(Cl)c2)nc1-c1cccc(F)c1. The highest BCUT2D eigenvalue weighted by Gasteiger charge is 2.12. The summed E-state index contributed by atoms with van der Waals surface area (Å²) in [5, 5.41) is 4.94. The van der Waals surface area contributed by atoms with Crippen molar-refractivity contribution in [2.45, 2.75) is 0 Å². The van der Waals surface area contributed by atoms with Gasteiger partial charge in [-0.1, -0.05) is 29.8 Å². The van der Waals surface area contributed by atoms with Crippen molar-refractivity contribution in [2.75, 3.05) is 0 Å². The molecule has 0 spiro atoms. The van der Waals surface area contributed by atoms with Gasteiger partial charge in [0.15, 0.2) is 6.29 Å². The van der Waals surface area contributed by atoms with Crippen LogP contribution in [0.15, 0.2) is 54.7 Å². The molecule has 3 rings (SSSR count). The number of carbonyl (C=O) groups is 1. The minimum absolute atomic E-state index is 0.373. The lowest BCUT2D eigenvalue weighted by atomic mass is 10.1. The summed E-state index contributed by atoms with van der Waals surface area (Å²) in [5.74, 6) is -0.373. The van der Waals surface area contributed by atoms with Gasteiger partial charge in [0.05, 0.1) is 11.3 Å². The molecule has 3 aromatic rings. The third-order valence-electron chi connectivity index (χ3n) is 3.04. The zero-order valence-electron chi connectivity index (χ0n) is 10.8. The second-order valence-electron chi connectivity index (χ2n) is 4.49. The first-order chi connectivity index (χ1) is 10.2. The van der Waals surface area contributed by atoms with Gasteiger partial charge in [-0.05, 0) is 30.3 Å². The van der Waals surface area contributed by atoms with Crippen LogP contribution in [-0.4, -0.2) is 16.1 Å². The number of aldehydes is 1. The summed E-state index contributed by atoms with van der Waals surface area (Å²) < 4.78 is 14.9. The van der Waals surface area contributed by atoms with Crippen LogP contribution in [0.3, 0.4) is 0 Å². The molecule has 0 radical (unpaired) electrons. The predicted octanol–water partition coefficient (Wildman–Crippen LogP) is 4.14. The molecular formula is C16H10ClFN2O. The van der Waals surface area contributed by atoms with Crippen LogP contribution in [0.2, 0.25) is 5.02 Å². The molecule has 0 bridgehead atoms. The van der Waals surface area contributed by atoms with Crippen LogP contribution in [0.25, 0.3) is 16.9 Å². The van der Waals surface area contributed by atoms with Gasteiger partial charge in [0.1, 0.15) is 11.5 Å². The van der Waals surface area contributed by atoms with Crippen LogP contribution in [0.4, 0.5) is 4.39 Å². The molecule has 2 aromatic carbocycles. The van der Waals surface area contributed by atoms with Gasteiger partial charge in [-0.15, -0.1) is 0 Å². The number of benzene rings is 2. The average Bonchev–Trinajstić information content (AvgIpc) is 2.91. The molecule has 0 saturated heterocycles. The van der Waals surface area contributed by atoms with Gasteiger partial charge >= 0.3 is 0 Å². The highest BCUT2D eigenvalue weighted by Crippen LogP contribution is 2.24. The maximum atomic E-state index is 13.3. The lowest BCUT2D eigenvalue weighted by Gasteiger charge is -2.01. The van der Waals surface area contributed by atoms with E-state index in [1.807, 2.05) is 6.07 Å². The number of nitrogens with zero attached hydrogens (tertiary/aromatic N) is 2. The number of aromatic nitrogens is 2. The second kappa shape index (κ2) is 5.50. The molecule has 0 unspecified atom stereocenters. The third kappa shape index (κ3) is 2.71. The van der Waals surface area contributed by atoms with E-state index in [2.05, 4.69) is 5.10 Å². The predicted molar refractivity (Wildman–Crippen MR) is 79.4 cm³/mol. The Morgan fingerprint density at radius 2 is 1.95 bits per heavy atom. The van der Waals surface area contributed by atoms with E-state index in [0.29, 0.717) is 28.1 Å². The van der Waals surface area contributed by atoms with Gasteiger partial charge < -0.3 is 0 Å². The van der Waals surface area contributed by atoms with Gasteiger partial charge in [0, 0.05) is 16.8 Å². The van der Waals surface area contributed by atoms with Gasteiger partial charge in [-0.3, -0.25) is 4.79 Å². The fraction of sp³-hybridized carbons (Fsp3) is 0. The summed E-state index contributed by atoms with van der Waals surface area (Å²) in [6, 6.07) is 13.1. The van der Waals surface area contributed by atoms with Crippen molar-refractivity contribution in [1.82, 2.24) is 9.78 Å².